The lowest BCUT2D eigenvalue weighted by atomic mass is 9.96. The first-order chi connectivity index (χ1) is 6.36. The van der Waals surface area contributed by atoms with Gasteiger partial charge in [-0.2, -0.15) is 0 Å². The highest BCUT2D eigenvalue weighted by Gasteiger charge is 2.10. The molecular formula is C10H12BNO. The zero-order valence-electron chi connectivity index (χ0n) is 7.57. The summed E-state index contributed by atoms with van der Waals surface area (Å²) in [5, 5.41) is 0. The van der Waals surface area contributed by atoms with Crippen LogP contribution in [0.2, 0.25) is 0 Å². The Hall–Kier alpha value is -0.955. The summed E-state index contributed by atoms with van der Waals surface area (Å²) in [5.74, 6) is 0. The molecule has 3 heteroatoms. The Kier molecular flexibility index (Phi) is 2.55. The molecule has 0 atom stereocenters. The Bertz CT molecular complexity index is 284. The average molecular weight is 173 g/mol. The van der Waals surface area contributed by atoms with Crippen LogP contribution in [0, 0.1) is 0 Å². The van der Waals surface area contributed by atoms with Crippen LogP contribution < -0.4 is 10.4 Å². The van der Waals surface area contributed by atoms with E-state index in [4.69, 9.17) is 12.6 Å². The van der Waals surface area contributed by atoms with Crippen LogP contribution in [-0.4, -0.2) is 34.1 Å². The van der Waals surface area contributed by atoms with Gasteiger partial charge in [0.1, 0.15) is 7.85 Å². The van der Waals surface area contributed by atoms with E-state index >= 15 is 0 Å². The van der Waals surface area contributed by atoms with Crippen molar-refractivity contribution in [3.8, 4) is 0 Å². The number of rotatable bonds is 1. The van der Waals surface area contributed by atoms with E-state index in [1.165, 1.54) is 5.69 Å². The van der Waals surface area contributed by atoms with E-state index in [2.05, 4.69) is 11.0 Å². The molecule has 0 aromatic heterocycles. The van der Waals surface area contributed by atoms with Gasteiger partial charge in [0, 0.05) is 18.8 Å². The van der Waals surface area contributed by atoms with Crippen LogP contribution in [0.3, 0.4) is 0 Å². The molecule has 2 nitrogen and oxygen atoms in total. The van der Waals surface area contributed by atoms with Crippen LogP contribution >= 0.6 is 0 Å². The van der Waals surface area contributed by atoms with Crippen LogP contribution in [0.5, 0.6) is 0 Å². The molecule has 0 unspecified atom stereocenters. The summed E-state index contributed by atoms with van der Waals surface area (Å²) in [5.41, 5.74) is 2.02. The maximum atomic E-state index is 5.71. The largest absolute Gasteiger partial charge is 0.378 e. The Morgan fingerprint density at radius 1 is 1.23 bits per heavy atom. The number of benzene rings is 1. The van der Waals surface area contributed by atoms with Crippen molar-refractivity contribution in [2.75, 3.05) is 31.2 Å². The minimum absolute atomic E-state index is 0.814. The van der Waals surface area contributed by atoms with Crippen molar-refractivity contribution in [2.45, 2.75) is 0 Å². The molecule has 1 heterocycles. The third kappa shape index (κ3) is 2.04. The molecular weight excluding hydrogens is 161 g/mol. The monoisotopic (exact) mass is 173 g/mol. The summed E-state index contributed by atoms with van der Waals surface area (Å²) in [6.07, 6.45) is 0. The van der Waals surface area contributed by atoms with Gasteiger partial charge in [-0.15, -0.1) is 0 Å². The van der Waals surface area contributed by atoms with Crippen molar-refractivity contribution in [3.63, 3.8) is 0 Å². The molecule has 13 heavy (non-hydrogen) atoms. The van der Waals surface area contributed by atoms with Crippen LogP contribution in [0.1, 0.15) is 0 Å². The van der Waals surface area contributed by atoms with Crippen molar-refractivity contribution < 1.29 is 4.74 Å². The quantitative estimate of drug-likeness (QED) is 0.567. The van der Waals surface area contributed by atoms with E-state index < -0.39 is 0 Å². The van der Waals surface area contributed by atoms with Crippen molar-refractivity contribution in [2.24, 2.45) is 0 Å². The predicted octanol–water partition coefficient (Wildman–Crippen LogP) is 0.317. The number of hydrogen-bond acceptors (Lipinski definition) is 2. The Labute approximate surface area is 79.9 Å². The minimum Gasteiger partial charge on any atom is -0.378 e. The molecule has 0 saturated carbocycles. The Balaban J connectivity index is 2.14. The highest BCUT2D eigenvalue weighted by molar-refractivity contribution is 6.32. The molecule has 1 saturated heterocycles. The van der Waals surface area contributed by atoms with Crippen LogP contribution in [0.25, 0.3) is 0 Å². The second kappa shape index (κ2) is 3.84. The molecule has 0 spiro atoms. The fraction of sp³-hybridized carbons (Fsp3) is 0.400. The van der Waals surface area contributed by atoms with E-state index in [-0.39, 0.29) is 0 Å². The number of morpholine rings is 1. The third-order valence-electron chi connectivity index (χ3n) is 2.25. The number of nitrogens with zero attached hydrogens (tertiary/aromatic N) is 1. The molecule has 2 radical (unpaired) electrons. The minimum atomic E-state index is 0.814. The third-order valence-corrected chi connectivity index (χ3v) is 2.25. The first-order valence-corrected chi connectivity index (χ1v) is 4.54. The Morgan fingerprint density at radius 3 is 2.69 bits per heavy atom. The van der Waals surface area contributed by atoms with Gasteiger partial charge in [0.05, 0.1) is 13.2 Å². The van der Waals surface area contributed by atoms with Gasteiger partial charge in [-0.1, -0.05) is 17.6 Å². The lowest BCUT2D eigenvalue weighted by molar-refractivity contribution is 0.122. The maximum Gasteiger partial charge on any atom is 0.113 e. The van der Waals surface area contributed by atoms with Crippen molar-refractivity contribution >= 4 is 19.0 Å². The molecule has 1 aliphatic heterocycles. The standard InChI is InChI=1S/C10H12BNO/c11-9-2-1-3-10(8-9)12-4-6-13-7-5-12/h1-3,8H,4-7H2. The normalized spacial score (nSPS) is 17.4. The fourth-order valence-electron chi connectivity index (χ4n) is 1.54. The summed E-state index contributed by atoms with van der Waals surface area (Å²) < 4.78 is 5.28. The molecule has 1 aromatic rings. The summed E-state index contributed by atoms with van der Waals surface area (Å²) in [6, 6.07) is 7.98. The predicted molar refractivity (Wildman–Crippen MR) is 54.9 cm³/mol. The summed E-state index contributed by atoms with van der Waals surface area (Å²) in [4.78, 5) is 2.29. The summed E-state index contributed by atoms with van der Waals surface area (Å²) >= 11 is 0. The van der Waals surface area contributed by atoms with Gasteiger partial charge in [0.2, 0.25) is 0 Å². The molecule has 66 valence electrons. The van der Waals surface area contributed by atoms with Gasteiger partial charge in [-0.3, -0.25) is 0 Å². The SMILES string of the molecule is [B]c1cccc(N2CCOCC2)c1. The topological polar surface area (TPSA) is 12.5 Å². The maximum absolute atomic E-state index is 5.71. The summed E-state index contributed by atoms with van der Waals surface area (Å²) in [7, 11) is 5.71. The van der Waals surface area contributed by atoms with Gasteiger partial charge < -0.3 is 9.64 Å². The van der Waals surface area contributed by atoms with Crippen LogP contribution in [-0.2, 0) is 4.74 Å². The molecule has 0 bridgehead atoms. The van der Waals surface area contributed by atoms with Gasteiger partial charge in [0.15, 0.2) is 0 Å². The highest BCUT2D eigenvalue weighted by atomic mass is 16.5. The number of anilines is 1. The highest BCUT2D eigenvalue weighted by Crippen LogP contribution is 2.12. The number of ether oxygens (including phenoxy) is 1. The van der Waals surface area contributed by atoms with E-state index in [9.17, 15) is 0 Å². The van der Waals surface area contributed by atoms with Crippen molar-refractivity contribution in [1.29, 1.82) is 0 Å². The molecule has 1 fully saturated rings. The molecule has 2 rings (SSSR count). The molecule has 0 amide bonds. The van der Waals surface area contributed by atoms with Crippen LogP contribution in [0.4, 0.5) is 5.69 Å². The van der Waals surface area contributed by atoms with Gasteiger partial charge in [-0.05, 0) is 12.1 Å². The molecule has 1 aliphatic rings. The first-order valence-electron chi connectivity index (χ1n) is 4.54. The lowest BCUT2D eigenvalue weighted by Gasteiger charge is -2.29. The van der Waals surface area contributed by atoms with Crippen molar-refractivity contribution in [1.82, 2.24) is 0 Å². The van der Waals surface area contributed by atoms with Gasteiger partial charge >= 0.3 is 0 Å². The van der Waals surface area contributed by atoms with Gasteiger partial charge in [0.25, 0.3) is 0 Å². The van der Waals surface area contributed by atoms with E-state index in [0.717, 1.165) is 31.8 Å². The molecule has 1 aromatic carbocycles. The second-order valence-corrected chi connectivity index (χ2v) is 3.19. The van der Waals surface area contributed by atoms with E-state index in [0.29, 0.717) is 0 Å². The molecule has 0 N–H and O–H groups in total. The smallest absolute Gasteiger partial charge is 0.113 e. The second-order valence-electron chi connectivity index (χ2n) is 3.19. The fourth-order valence-corrected chi connectivity index (χ4v) is 1.54. The van der Waals surface area contributed by atoms with E-state index in [1.807, 2.05) is 18.2 Å². The lowest BCUT2D eigenvalue weighted by Crippen LogP contribution is -2.36. The first kappa shape index (κ1) is 8.63. The van der Waals surface area contributed by atoms with Crippen molar-refractivity contribution in [3.05, 3.63) is 24.3 Å². The van der Waals surface area contributed by atoms with E-state index in [1.54, 1.807) is 0 Å². The summed E-state index contributed by atoms with van der Waals surface area (Å²) in [6.45, 7) is 3.55. The average Bonchev–Trinajstić information content (AvgIpc) is 2.19. The molecule has 0 aliphatic carbocycles. The Morgan fingerprint density at radius 2 is 2.00 bits per heavy atom. The number of hydrogen-bond donors (Lipinski definition) is 0. The zero-order valence-corrected chi connectivity index (χ0v) is 7.57. The van der Waals surface area contributed by atoms with Gasteiger partial charge in [-0.25, -0.2) is 0 Å². The zero-order chi connectivity index (χ0) is 9.10. The van der Waals surface area contributed by atoms with Crippen LogP contribution in [0.15, 0.2) is 24.3 Å².